The number of hydrogen-bond donors (Lipinski definition) is 0. The van der Waals surface area contributed by atoms with Gasteiger partial charge in [-0.1, -0.05) is 69.1 Å². The number of halogens is 1. The molecular weight excluding hydrogens is 574 g/mol. The maximum Gasteiger partial charge on any atom is 0.180 e. The first-order chi connectivity index (χ1) is 20.8. The molecule has 0 fully saturated rings. The van der Waals surface area contributed by atoms with Crippen LogP contribution in [0.4, 0.5) is 0 Å². The highest BCUT2D eigenvalue weighted by molar-refractivity contribution is 6.32. The van der Waals surface area contributed by atoms with Gasteiger partial charge in [-0.25, -0.2) is 0 Å². The van der Waals surface area contributed by atoms with Crippen LogP contribution in [0.25, 0.3) is 0 Å². The molecule has 0 amide bonds. The van der Waals surface area contributed by atoms with Crippen LogP contribution in [-0.2, 0) is 20.9 Å². The van der Waals surface area contributed by atoms with E-state index in [2.05, 4.69) is 38.7 Å². The number of benzene rings is 2. The van der Waals surface area contributed by atoms with Crippen molar-refractivity contribution in [3.8, 4) is 11.5 Å². The number of aryl methyl sites for hydroxylation is 1. The molecule has 0 spiro atoms. The van der Waals surface area contributed by atoms with Crippen LogP contribution in [0.5, 0.6) is 11.5 Å². The molecule has 3 aliphatic rings. The molecule has 1 aliphatic heterocycles. The summed E-state index contributed by atoms with van der Waals surface area (Å²) in [7, 11) is 1.70. The van der Waals surface area contributed by atoms with Crippen LogP contribution in [0.2, 0.25) is 5.02 Å². The van der Waals surface area contributed by atoms with Gasteiger partial charge < -0.3 is 19.1 Å². The Bertz CT molecular complexity index is 1460. The van der Waals surface area contributed by atoms with Crippen LogP contribution in [0.1, 0.15) is 89.3 Å². The molecule has 0 N–H and O–H groups in total. The minimum absolute atomic E-state index is 0.0935. The van der Waals surface area contributed by atoms with Crippen molar-refractivity contribution in [3.05, 3.63) is 80.7 Å². The maximum atomic E-state index is 14.1. The predicted molar refractivity (Wildman–Crippen MR) is 174 cm³/mol. The summed E-state index contributed by atoms with van der Waals surface area (Å²) in [5.74, 6) is 0.661. The highest BCUT2D eigenvalue weighted by Gasteiger charge is 2.49. The van der Waals surface area contributed by atoms with Crippen LogP contribution < -0.4 is 9.47 Å². The van der Waals surface area contributed by atoms with Crippen LogP contribution >= 0.6 is 11.6 Å². The van der Waals surface area contributed by atoms with E-state index in [4.69, 9.17) is 25.8 Å². The van der Waals surface area contributed by atoms with E-state index in [1.165, 1.54) is 0 Å². The van der Waals surface area contributed by atoms with Crippen molar-refractivity contribution in [3.63, 3.8) is 0 Å². The zero-order valence-corrected chi connectivity index (χ0v) is 28.0. The molecule has 2 aromatic carbocycles. The Labute approximate surface area is 267 Å². The third-order valence-corrected chi connectivity index (χ3v) is 9.16. The number of nitrogens with zero attached hydrogens (tertiary/aromatic N) is 1. The number of carbonyl (C=O) groups excluding carboxylic acids is 2. The highest BCUT2D eigenvalue weighted by atomic mass is 35.5. The van der Waals surface area contributed by atoms with Crippen LogP contribution in [0, 0.1) is 17.8 Å². The maximum absolute atomic E-state index is 14.1. The van der Waals surface area contributed by atoms with Gasteiger partial charge in [0.05, 0.1) is 11.6 Å². The van der Waals surface area contributed by atoms with E-state index in [0.717, 1.165) is 58.5 Å². The topological polar surface area (TPSA) is 65.1 Å². The predicted octanol–water partition coefficient (Wildman–Crippen LogP) is 8.35. The Morgan fingerprint density at radius 1 is 0.909 bits per heavy atom. The second-order valence-corrected chi connectivity index (χ2v) is 14.5. The molecule has 0 radical (unpaired) electrons. The zero-order valence-electron chi connectivity index (χ0n) is 27.3. The molecule has 0 saturated heterocycles. The molecule has 0 saturated carbocycles. The van der Waals surface area contributed by atoms with Crippen molar-refractivity contribution in [2.75, 3.05) is 26.9 Å². The third kappa shape index (κ3) is 6.62. The molecule has 0 aromatic heterocycles. The SMILES string of the molecule is CCOc1cc(C2C3=C(CC(C)(C)CC3=O)N(CCCOC)C3=C2C(=O)CC(C)(C)C3)cc(Cl)c1OCc1cccc(C)c1. The van der Waals surface area contributed by atoms with Gasteiger partial charge in [0.25, 0.3) is 0 Å². The van der Waals surface area contributed by atoms with E-state index in [0.29, 0.717) is 55.7 Å². The average Bonchev–Trinajstić information content (AvgIpc) is 2.92. The lowest BCUT2D eigenvalue weighted by molar-refractivity contribution is -0.119. The van der Waals surface area contributed by atoms with Gasteiger partial charge >= 0.3 is 0 Å². The summed E-state index contributed by atoms with van der Waals surface area (Å²) in [6, 6.07) is 12.0. The molecule has 2 aliphatic carbocycles. The monoisotopic (exact) mass is 619 g/mol. The highest BCUT2D eigenvalue weighted by Crippen LogP contribution is 2.55. The number of ether oxygens (including phenoxy) is 3. The van der Waals surface area contributed by atoms with Gasteiger partial charge in [-0.2, -0.15) is 0 Å². The minimum atomic E-state index is -0.506. The molecule has 6 nitrogen and oxygen atoms in total. The van der Waals surface area contributed by atoms with Gasteiger partial charge in [-0.15, -0.1) is 0 Å². The lowest BCUT2D eigenvalue weighted by atomic mass is 9.63. The zero-order chi connectivity index (χ0) is 31.8. The number of Topliss-reactive ketones (excluding diaryl/α,β-unsaturated/α-hetero) is 2. The number of rotatable bonds is 10. The van der Waals surface area contributed by atoms with Gasteiger partial charge in [0.2, 0.25) is 0 Å². The first kappa shape index (κ1) is 32.3. The first-order valence-corrected chi connectivity index (χ1v) is 16.2. The summed E-state index contributed by atoms with van der Waals surface area (Å²) in [5.41, 5.74) is 6.11. The van der Waals surface area contributed by atoms with E-state index in [9.17, 15) is 9.59 Å². The average molecular weight is 620 g/mol. The Morgan fingerprint density at radius 3 is 2.11 bits per heavy atom. The summed E-state index contributed by atoms with van der Waals surface area (Å²) in [6.45, 7) is 14.6. The number of allylic oxidation sites excluding steroid dienone is 4. The fourth-order valence-electron chi connectivity index (χ4n) is 7.13. The molecule has 0 atom stereocenters. The quantitative estimate of drug-likeness (QED) is 0.249. The smallest absolute Gasteiger partial charge is 0.180 e. The number of hydrogen-bond acceptors (Lipinski definition) is 6. The number of ketones is 2. The van der Waals surface area contributed by atoms with Crippen LogP contribution in [0.15, 0.2) is 58.9 Å². The van der Waals surface area contributed by atoms with Crippen molar-refractivity contribution >= 4 is 23.2 Å². The Kier molecular flexibility index (Phi) is 9.34. The normalized spacial score (nSPS) is 19.7. The Morgan fingerprint density at radius 2 is 1.55 bits per heavy atom. The van der Waals surface area contributed by atoms with Crippen molar-refractivity contribution in [2.45, 2.75) is 86.2 Å². The summed E-state index contributed by atoms with van der Waals surface area (Å²) in [5, 5.41) is 0.401. The van der Waals surface area contributed by atoms with Crippen molar-refractivity contribution in [1.29, 1.82) is 0 Å². The largest absolute Gasteiger partial charge is 0.490 e. The van der Waals surface area contributed by atoms with Gasteiger partial charge in [-0.3, -0.25) is 9.59 Å². The molecular formula is C37H46ClNO5. The second-order valence-electron chi connectivity index (χ2n) is 14.1. The molecule has 0 unspecified atom stereocenters. The summed E-state index contributed by atoms with van der Waals surface area (Å²) in [4.78, 5) is 30.6. The molecule has 1 heterocycles. The van der Waals surface area contributed by atoms with E-state index in [-0.39, 0.29) is 22.4 Å². The summed E-state index contributed by atoms with van der Waals surface area (Å²) < 4.78 is 17.8. The molecule has 5 rings (SSSR count). The van der Waals surface area contributed by atoms with Gasteiger partial charge in [0.15, 0.2) is 23.1 Å². The molecule has 0 bridgehead atoms. The minimum Gasteiger partial charge on any atom is -0.490 e. The van der Waals surface area contributed by atoms with E-state index < -0.39 is 5.92 Å². The van der Waals surface area contributed by atoms with Crippen molar-refractivity contribution in [2.24, 2.45) is 10.8 Å². The fraction of sp³-hybridized carbons (Fsp3) is 0.514. The van der Waals surface area contributed by atoms with E-state index in [1.807, 2.05) is 44.2 Å². The lowest BCUT2D eigenvalue weighted by Crippen LogP contribution is -2.44. The van der Waals surface area contributed by atoms with Crippen molar-refractivity contribution in [1.82, 2.24) is 4.90 Å². The number of carbonyl (C=O) groups is 2. The number of methoxy groups -OCH3 is 1. The van der Waals surface area contributed by atoms with Crippen molar-refractivity contribution < 1.29 is 23.8 Å². The molecule has 2 aromatic rings. The van der Waals surface area contributed by atoms with E-state index in [1.54, 1.807) is 7.11 Å². The van der Waals surface area contributed by atoms with Gasteiger partial charge in [0, 0.05) is 61.6 Å². The summed E-state index contributed by atoms with van der Waals surface area (Å²) in [6.07, 6.45) is 3.17. The van der Waals surface area contributed by atoms with E-state index >= 15 is 0 Å². The molecule has 44 heavy (non-hydrogen) atoms. The standard InChI is InChI=1S/C37H46ClNO5/c1-8-43-31-17-25(16-26(38)35(31)44-22-24-12-9-11-23(2)15-24)32-33-27(18-36(3,4)20-29(33)40)39(13-10-14-42-7)28-19-37(5,6)21-30(41)34(28)32/h9,11-12,15-17,32H,8,10,13-14,18-22H2,1-7H3. The Balaban J connectivity index is 1.66. The summed E-state index contributed by atoms with van der Waals surface area (Å²) >= 11 is 6.98. The van der Waals surface area contributed by atoms with Crippen LogP contribution in [0.3, 0.4) is 0 Å². The third-order valence-electron chi connectivity index (χ3n) is 8.88. The molecule has 7 heteroatoms. The first-order valence-electron chi connectivity index (χ1n) is 15.8. The van der Waals surface area contributed by atoms with Crippen LogP contribution in [-0.4, -0.2) is 43.3 Å². The lowest BCUT2D eigenvalue weighted by Gasteiger charge is -2.49. The van der Waals surface area contributed by atoms with Gasteiger partial charge in [-0.05, 0) is 67.2 Å². The fourth-order valence-corrected chi connectivity index (χ4v) is 7.41. The molecule has 236 valence electrons. The van der Waals surface area contributed by atoms with Gasteiger partial charge in [0.1, 0.15) is 6.61 Å². The second kappa shape index (κ2) is 12.7. The Hall–Kier alpha value is -3.09.